The van der Waals surface area contributed by atoms with Gasteiger partial charge < -0.3 is 30.9 Å². The van der Waals surface area contributed by atoms with Crippen LogP contribution >= 0.6 is 11.8 Å². The number of carboxylic acid groups (broad SMARTS) is 2. The van der Waals surface area contributed by atoms with Crippen LogP contribution in [0.4, 0.5) is 0 Å². The van der Waals surface area contributed by atoms with Crippen molar-refractivity contribution in [2.24, 2.45) is 5.92 Å². The number of rotatable bonds is 7. The Balaban J connectivity index is 2.15. The van der Waals surface area contributed by atoms with Crippen LogP contribution in [0.5, 0.6) is 0 Å². The second-order valence-corrected chi connectivity index (χ2v) is 8.94. The van der Waals surface area contributed by atoms with Gasteiger partial charge in [0.05, 0.1) is 17.7 Å². The summed E-state index contributed by atoms with van der Waals surface area (Å²) in [7, 11) is 3.37. The summed E-state index contributed by atoms with van der Waals surface area (Å²) in [6.45, 7) is 3.55. The number of aliphatic carboxylic acids is 2. The Labute approximate surface area is 162 Å². The van der Waals surface area contributed by atoms with Gasteiger partial charge in [0.1, 0.15) is 11.6 Å². The van der Waals surface area contributed by atoms with E-state index in [9.17, 15) is 29.7 Å². The molecule has 5 atom stereocenters. The van der Waals surface area contributed by atoms with E-state index >= 15 is 0 Å². The lowest BCUT2D eigenvalue weighted by molar-refractivity contribution is -0.149. The molecule has 1 amide bonds. The van der Waals surface area contributed by atoms with Gasteiger partial charge in [-0.2, -0.15) is 0 Å². The standard InChI is InChI=1S/C17H27N3O6S/c1-8(21)12(15(23)24)17(2)6-11(13(19-17)16(25)26)27-9-5-10(18-7-9)14(22)20(3)4/h8-10,12,18-19,21H,5-7H2,1-4H3,(H,23,24)(H,25,26)/t8-,9+,10+,12+,17-/m1/s1. The second kappa shape index (κ2) is 8.07. The predicted molar refractivity (Wildman–Crippen MR) is 100 cm³/mol. The summed E-state index contributed by atoms with van der Waals surface area (Å²) in [5.41, 5.74) is -1.14. The number of nitrogens with zero attached hydrogens (tertiary/aromatic N) is 1. The molecule has 2 aliphatic heterocycles. The fourth-order valence-electron chi connectivity index (χ4n) is 3.79. The molecule has 0 aliphatic carbocycles. The fraction of sp³-hybridized carbons (Fsp3) is 0.706. The molecular formula is C17H27N3O6S. The largest absolute Gasteiger partial charge is 0.481 e. The van der Waals surface area contributed by atoms with Gasteiger partial charge in [0.15, 0.2) is 0 Å². The van der Waals surface area contributed by atoms with Crippen molar-refractivity contribution in [3.63, 3.8) is 0 Å². The maximum atomic E-state index is 12.1. The van der Waals surface area contributed by atoms with Crippen molar-refractivity contribution >= 4 is 29.6 Å². The molecule has 9 nitrogen and oxygen atoms in total. The van der Waals surface area contributed by atoms with Crippen LogP contribution in [-0.4, -0.2) is 81.6 Å². The minimum absolute atomic E-state index is 0.00206. The number of likely N-dealkylation sites (N-methyl/N-ethyl adjacent to an activating group) is 1. The number of thioether (sulfide) groups is 1. The summed E-state index contributed by atoms with van der Waals surface area (Å²) in [6, 6.07) is -0.309. The van der Waals surface area contributed by atoms with E-state index in [1.54, 1.807) is 21.0 Å². The molecule has 0 aromatic carbocycles. The Morgan fingerprint density at radius 1 is 1.30 bits per heavy atom. The van der Waals surface area contributed by atoms with Gasteiger partial charge >= 0.3 is 11.9 Å². The number of hydrogen-bond donors (Lipinski definition) is 5. The third kappa shape index (κ3) is 4.56. The lowest BCUT2D eigenvalue weighted by atomic mass is 9.81. The summed E-state index contributed by atoms with van der Waals surface area (Å²) in [5.74, 6) is -3.53. The number of amides is 1. The smallest absolute Gasteiger partial charge is 0.352 e. The number of carboxylic acids is 2. The predicted octanol–water partition coefficient (Wildman–Crippen LogP) is -0.332. The monoisotopic (exact) mass is 401 g/mol. The molecule has 0 spiro atoms. The number of aliphatic hydroxyl groups is 1. The SMILES string of the molecule is C[C@@H](O)[C@@H](C(=O)O)[C@@]1(C)CC(S[C@@H]2CN[C@H](C(=O)N(C)C)C2)=C(C(=O)O)N1. The van der Waals surface area contributed by atoms with Gasteiger partial charge in [-0.1, -0.05) is 0 Å². The van der Waals surface area contributed by atoms with E-state index in [4.69, 9.17) is 0 Å². The van der Waals surface area contributed by atoms with E-state index in [-0.39, 0.29) is 29.3 Å². The second-order valence-electron chi connectivity index (χ2n) is 7.55. The molecule has 0 aromatic heterocycles. The molecule has 0 saturated carbocycles. The zero-order valence-corrected chi connectivity index (χ0v) is 16.7. The van der Waals surface area contributed by atoms with Gasteiger partial charge in [-0.05, 0) is 20.3 Å². The van der Waals surface area contributed by atoms with Crippen LogP contribution in [0.25, 0.3) is 0 Å². The molecule has 0 aromatic rings. The molecule has 0 unspecified atom stereocenters. The maximum Gasteiger partial charge on any atom is 0.352 e. The molecule has 0 bridgehead atoms. The van der Waals surface area contributed by atoms with Gasteiger partial charge in [-0.25, -0.2) is 4.79 Å². The molecule has 2 rings (SSSR count). The fourth-order valence-corrected chi connectivity index (χ4v) is 5.30. The first kappa shape index (κ1) is 21.5. The lowest BCUT2D eigenvalue weighted by Crippen LogP contribution is -2.53. The number of carbonyl (C=O) groups excluding carboxylic acids is 1. The summed E-state index contributed by atoms with van der Waals surface area (Å²) >= 11 is 1.36. The van der Waals surface area contributed by atoms with Gasteiger partial charge in [-0.3, -0.25) is 9.59 Å². The molecule has 27 heavy (non-hydrogen) atoms. The minimum atomic E-state index is -1.19. The van der Waals surface area contributed by atoms with Gasteiger partial charge in [-0.15, -0.1) is 11.8 Å². The summed E-state index contributed by atoms with van der Waals surface area (Å²) in [4.78, 5) is 37.4. The molecule has 2 aliphatic rings. The number of carbonyl (C=O) groups is 3. The highest BCUT2D eigenvalue weighted by Crippen LogP contribution is 2.43. The molecular weight excluding hydrogens is 374 g/mol. The first-order valence-corrected chi connectivity index (χ1v) is 9.61. The number of hydrogen-bond acceptors (Lipinski definition) is 7. The van der Waals surface area contributed by atoms with Crippen molar-refractivity contribution < 1.29 is 29.7 Å². The third-order valence-corrected chi connectivity index (χ3v) is 6.33. The van der Waals surface area contributed by atoms with Crippen LogP contribution in [0.3, 0.4) is 0 Å². The van der Waals surface area contributed by atoms with Crippen LogP contribution in [0.15, 0.2) is 10.6 Å². The Hall–Kier alpha value is -1.78. The van der Waals surface area contributed by atoms with Gasteiger partial charge in [0.2, 0.25) is 5.91 Å². The Kier molecular flexibility index (Phi) is 6.43. The molecule has 152 valence electrons. The van der Waals surface area contributed by atoms with E-state index in [1.807, 2.05) is 0 Å². The van der Waals surface area contributed by atoms with Crippen LogP contribution < -0.4 is 10.6 Å². The summed E-state index contributed by atoms with van der Waals surface area (Å²) in [5, 5.41) is 34.9. The molecule has 0 radical (unpaired) electrons. The Bertz CT molecular complexity index is 665. The molecule has 5 N–H and O–H groups in total. The van der Waals surface area contributed by atoms with Gasteiger partial charge in [0.25, 0.3) is 0 Å². The van der Waals surface area contributed by atoms with E-state index in [2.05, 4.69) is 10.6 Å². The quantitative estimate of drug-likeness (QED) is 0.388. The zero-order valence-electron chi connectivity index (χ0n) is 15.9. The van der Waals surface area contributed by atoms with Crippen molar-refractivity contribution in [3.05, 3.63) is 10.6 Å². The minimum Gasteiger partial charge on any atom is -0.481 e. The van der Waals surface area contributed by atoms with E-state index in [0.29, 0.717) is 17.9 Å². The van der Waals surface area contributed by atoms with Crippen LogP contribution in [0, 0.1) is 5.92 Å². The van der Waals surface area contributed by atoms with Crippen molar-refractivity contribution in [3.8, 4) is 0 Å². The normalized spacial score (nSPS) is 30.0. The number of aliphatic hydroxyl groups excluding tert-OH is 1. The van der Waals surface area contributed by atoms with E-state index in [1.165, 1.54) is 23.6 Å². The molecule has 10 heteroatoms. The first-order valence-electron chi connectivity index (χ1n) is 8.73. The number of nitrogens with one attached hydrogen (secondary N) is 2. The Morgan fingerprint density at radius 2 is 1.93 bits per heavy atom. The molecule has 1 saturated heterocycles. The highest BCUT2D eigenvalue weighted by molar-refractivity contribution is 8.03. The highest BCUT2D eigenvalue weighted by atomic mass is 32.2. The van der Waals surface area contributed by atoms with Crippen LogP contribution in [0.2, 0.25) is 0 Å². The van der Waals surface area contributed by atoms with E-state index in [0.717, 1.165) is 0 Å². The molecule has 2 heterocycles. The van der Waals surface area contributed by atoms with Gasteiger partial charge in [0, 0.05) is 37.2 Å². The average molecular weight is 401 g/mol. The van der Waals surface area contributed by atoms with Crippen LogP contribution in [0.1, 0.15) is 26.7 Å². The average Bonchev–Trinajstić information content (AvgIpc) is 3.11. The summed E-state index contributed by atoms with van der Waals surface area (Å²) in [6.07, 6.45) is -0.396. The van der Waals surface area contributed by atoms with Crippen molar-refractivity contribution in [1.29, 1.82) is 0 Å². The first-order chi connectivity index (χ1) is 12.5. The highest BCUT2D eigenvalue weighted by Gasteiger charge is 2.49. The summed E-state index contributed by atoms with van der Waals surface area (Å²) < 4.78 is 0. The molecule has 1 fully saturated rings. The topological polar surface area (TPSA) is 139 Å². The van der Waals surface area contributed by atoms with Crippen molar-refractivity contribution in [2.75, 3.05) is 20.6 Å². The Morgan fingerprint density at radius 3 is 2.41 bits per heavy atom. The lowest BCUT2D eigenvalue weighted by Gasteiger charge is -2.34. The van der Waals surface area contributed by atoms with Crippen LogP contribution in [-0.2, 0) is 14.4 Å². The third-order valence-electron chi connectivity index (χ3n) is 5.00. The van der Waals surface area contributed by atoms with Crippen molar-refractivity contribution in [2.45, 2.75) is 49.6 Å². The van der Waals surface area contributed by atoms with Crippen molar-refractivity contribution in [1.82, 2.24) is 15.5 Å². The maximum absolute atomic E-state index is 12.1. The zero-order chi connectivity index (χ0) is 20.5. The van der Waals surface area contributed by atoms with E-state index < -0.39 is 29.5 Å².